The summed E-state index contributed by atoms with van der Waals surface area (Å²) in [6.45, 7) is 0.0913. The minimum Gasteiger partial charge on any atom is -0.348 e. The van der Waals surface area contributed by atoms with Crippen LogP contribution in [0.4, 0.5) is 0 Å². The lowest BCUT2D eigenvalue weighted by molar-refractivity contribution is -0.129. The fourth-order valence-corrected chi connectivity index (χ4v) is 3.83. The molecule has 124 valence electrons. The molecular formula is C19H26N2O2. The minimum absolute atomic E-state index is 0.0453. The van der Waals surface area contributed by atoms with Gasteiger partial charge in [0, 0.05) is 5.92 Å². The molecule has 3 rings (SSSR count). The summed E-state index contributed by atoms with van der Waals surface area (Å²) < 4.78 is 0. The Morgan fingerprint density at radius 2 is 1.78 bits per heavy atom. The zero-order valence-electron chi connectivity index (χ0n) is 13.6. The van der Waals surface area contributed by atoms with Crippen LogP contribution in [-0.2, 0) is 16.0 Å². The summed E-state index contributed by atoms with van der Waals surface area (Å²) in [4.78, 5) is 24.3. The molecule has 2 N–H and O–H groups in total. The molecule has 0 aromatic heterocycles. The molecule has 4 heteroatoms. The maximum absolute atomic E-state index is 12.2. The molecule has 0 bridgehead atoms. The number of fused-ring (bicyclic) bond motifs is 1. The minimum atomic E-state index is -0.0872. The van der Waals surface area contributed by atoms with Crippen LogP contribution < -0.4 is 10.6 Å². The highest BCUT2D eigenvalue weighted by molar-refractivity contribution is 5.86. The van der Waals surface area contributed by atoms with Gasteiger partial charge in [-0.25, -0.2) is 0 Å². The van der Waals surface area contributed by atoms with Gasteiger partial charge in [-0.2, -0.15) is 0 Å². The molecule has 4 nitrogen and oxygen atoms in total. The van der Waals surface area contributed by atoms with Crippen molar-refractivity contribution in [2.75, 3.05) is 6.54 Å². The molecule has 1 atom stereocenters. The molecule has 2 amide bonds. The number of aryl methyl sites for hydroxylation is 1. The van der Waals surface area contributed by atoms with Gasteiger partial charge in [0.25, 0.3) is 0 Å². The molecule has 1 aromatic carbocycles. The first-order valence-electron chi connectivity index (χ1n) is 8.89. The second-order valence-electron chi connectivity index (χ2n) is 6.76. The van der Waals surface area contributed by atoms with Gasteiger partial charge in [-0.3, -0.25) is 9.59 Å². The van der Waals surface area contributed by atoms with Crippen molar-refractivity contribution in [3.63, 3.8) is 0 Å². The molecule has 0 heterocycles. The van der Waals surface area contributed by atoms with E-state index in [4.69, 9.17) is 0 Å². The molecule has 2 aliphatic rings. The average Bonchev–Trinajstić information content (AvgIpc) is 2.61. The van der Waals surface area contributed by atoms with Gasteiger partial charge in [-0.15, -0.1) is 0 Å². The fraction of sp³-hybridized carbons (Fsp3) is 0.579. The number of hydrogen-bond acceptors (Lipinski definition) is 2. The fourth-order valence-electron chi connectivity index (χ4n) is 3.83. The normalized spacial score (nSPS) is 21.3. The van der Waals surface area contributed by atoms with Crippen LogP contribution in [0.15, 0.2) is 24.3 Å². The lowest BCUT2D eigenvalue weighted by Gasteiger charge is -2.26. The molecule has 0 spiro atoms. The molecule has 0 aliphatic heterocycles. The molecular weight excluding hydrogens is 288 g/mol. The first-order valence-corrected chi connectivity index (χ1v) is 8.89. The van der Waals surface area contributed by atoms with Crippen LogP contribution in [0.2, 0.25) is 0 Å². The summed E-state index contributed by atoms with van der Waals surface area (Å²) in [6.07, 6.45) is 8.56. The summed E-state index contributed by atoms with van der Waals surface area (Å²) in [5.74, 6) is 0.0618. The van der Waals surface area contributed by atoms with E-state index in [-0.39, 0.29) is 30.3 Å². The highest BCUT2D eigenvalue weighted by Gasteiger charge is 2.23. The summed E-state index contributed by atoms with van der Waals surface area (Å²) in [5, 5.41) is 5.89. The smallest absolute Gasteiger partial charge is 0.239 e. The van der Waals surface area contributed by atoms with Gasteiger partial charge < -0.3 is 10.6 Å². The number of carbonyl (C=O) groups is 2. The van der Waals surface area contributed by atoms with Crippen LogP contribution in [0, 0.1) is 5.92 Å². The quantitative estimate of drug-likeness (QED) is 0.898. The standard InChI is InChI=1S/C19H26N2O2/c22-18(13-20-19(23)15-8-2-1-3-9-15)21-17-12-6-10-14-7-4-5-11-16(14)17/h4-5,7,11,15,17H,1-3,6,8-10,12-13H2,(H,20,23)(H,21,22)/t17-/m0/s1. The van der Waals surface area contributed by atoms with E-state index in [0.29, 0.717) is 0 Å². The van der Waals surface area contributed by atoms with Crippen LogP contribution in [-0.4, -0.2) is 18.4 Å². The van der Waals surface area contributed by atoms with E-state index in [9.17, 15) is 9.59 Å². The van der Waals surface area contributed by atoms with Crippen molar-refractivity contribution >= 4 is 11.8 Å². The van der Waals surface area contributed by atoms with Gasteiger partial charge >= 0.3 is 0 Å². The van der Waals surface area contributed by atoms with E-state index in [0.717, 1.165) is 44.9 Å². The van der Waals surface area contributed by atoms with Gasteiger partial charge in [-0.05, 0) is 43.2 Å². The lowest BCUT2D eigenvalue weighted by atomic mass is 9.87. The van der Waals surface area contributed by atoms with Crippen molar-refractivity contribution in [3.8, 4) is 0 Å². The van der Waals surface area contributed by atoms with Gasteiger partial charge in [0.05, 0.1) is 12.6 Å². The Balaban J connectivity index is 1.49. The monoisotopic (exact) mass is 314 g/mol. The highest BCUT2D eigenvalue weighted by atomic mass is 16.2. The molecule has 0 unspecified atom stereocenters. The second-order valence-corrected chi connectivity index (χ2v) is 6.76. The van der Waals surface area contributed by atoms with Crippen molar-refractivity contribution in [3.05, 3.63) is 35.4 Å². The summed E-state index contributed by atoms with van der Waals surface area (Å²) in [7, 11) is 0. The van der Waals surface area contributed by atoms with E-state index < -0.39 is 0 Å². The first-order chi connectivity index (χ1) is 11.2. The van der Waals surface area contributed by atoms with Crippen molar-refractivity contribution < 1.29 is 9.59 Å². The van der Waals surface area contributed by atoms with Crippen molar-refractivity contribution in [2.24, 2.45) is 5.92 Å². The van der Waals surface area contributed by atoms with Crippen molar-refractivity contribution in [2.45, 2.75) is 57.4 Å². The predicted octanol–water partition coefficient (Wildman–Crippen LogP) is 2.88. The molecule has 1 fully saturated rings. The van der Waals surface area contributed by atoms with Crippen LogP contribution in [0.25, 0.3) is 0 Å². The zero-order chi connectivity index (χ0) is 16.1. The Morgan fingerprint density at radius 3 is 2.61 bits per heavy atom. The third-order valence-electron chi connectivity index (χ3n) is 5.10. The number of benzene rings is 1. The number of amides is 2. The molecule has 0 radical (unpaired) electrons. The first kappa shape index (κ1) is 16.0. The van der Waals surface area contributed by atoms with Crippen LogP contribution in [0.1, 0.15) is 62.1 Å². The van der Waals surface area contributed by atoms with E-state index in [2.05, 4.69) is 22.8 Å². The van der Waals surface area contributed by atoms with Gasteiger partial charge in [0.2, 0.25) is 11.8 Å². The molecule has 1 saturated carbocycles. The number of hydrogen-bond donors (Lipinski definition) is 2. The third kappa shape index (κ3) is 4.12. The van der Waals surface area contributed by atoms with Gasteiger partial charge in [0.15, 0.2) is 0 Å². The Hall–Kier alpha value is -1.84. The second kappa shape index (κ2) is 7.62. The zero-order valence-corrected chi connectivity index (χ0v) is 13.6. The average molecular weight is 314 g/mol. The van der Waals surface area contributed by atoms with E-state index in [1.165, 1.54) is 17.5 Å². The van der Waals surface area contributed by atoms with Gasteiger partial charge in [0.1, 0.15) is 0 Å². The summed E-state index contributed by atoms with van der Waals surface area (Å²) in [5.41, 5.74) is 2.56. The van der Waals surface area contributed by atoms with Gasteiger partial charge in [-0.1, -0.05) is 43.5 Å². The SMILES string of the molecule is O=C(CNC(=O)C1CCCCC1)N[C@H]1CCCc2ccccc21. The maximum atomic E-state index is 12.2. The van der Waals surface area contributed by atoms with Crippen molar-refractivity contribution in [1.29, 1.82) is 0 Å². The van der Waals surface area contributed by atoms with E-state index in [1.54, 1.807) is 0 Å². The number of rotatable bonds is 4. The van der Waals surface area contributed by atoms with Crippen LogP contribution in [0.3, 0.4) is 0 Å². The topological polar surface area (TPSA) is 58.2 Å². The van der Waals surface area contributed by atoms with Crippen LogP contribution in [0.5, 0.6) is 0 Å². The summed E-state index contributed by atoms with van der Waals surface area (Å²) in [6, 6.07) is 8.39. The van der Waals surface area contributed by atoms with Crippen LogP contribution >= 0.6 is 0 Å². The number of carbonyl (C=O) groups excluding carboxylic acids is 2. The number of nitrogens with one attached hydrogen (secondary N) is 2. The Kier molecular flexibility index (Phi) is 5.31. The highest BCUT2D eigenvalue weighted by Crippen LogP contribution is 2.29. The van der Waals surface area contributed by atoms with Crippen molar-refractivity contribution in [1.82, 2.24) is 10.6 Å². The molecule has 2 aliphatic carbocycles. The Bertz CT molecular complexity index is 564. The maximum Gasteiger partial charge on any atom is 0.239 e. The molecule has 23 heavy (non-hydrogen) atoms. The largest absolute Gasteiger partial charge is 0.348 e. The van der Waals surface area contributed by atoms with E-state index in [1.807, 2.05) is 12.1 Å². The van der Waals surface area contributed by atoms with E-state index >= 15 is 0 Å². The summed E-state index contributed by atoms with van der Waals surface area (Å²) >= 11 is 0. The Morgan fingerprint density at radius 1 is 1.00 bits per heavy atom. The molecule has 1 aromatic rings. The molecule has 0 saturated heterocycles. The lowest BCUT2D eigenvalue weighted by Crippen LogP contribution is -2.41. The predicted molar refractivity (Wildman–Crippen MR) is 89.8 cm³/mol. The Labute approximate surface area is 138 Å². The third-order valence-corrected chi connectivity index (χ3v) is 5.10.